The maximum Gasteiger partial charge on any atom is 0.326 e. The van der Waals surface area contributed by atoms with Crippen LogP contribution in [0.15, 0.2) is 5.16 Å². The van der Waals surface area contributed by atoms with E-state index in [1.54, 1.807) is 6.92 Å². The summed E-state index contributed by atoms with van der Waals surface area (Å²) in [6.45, 7) is 1.69. The molecular weight excluding hydrogens is 276 g/mol. The van der Waals surface area contributed by atoms with Crippen molar-refractivity contribution in [1.82, 2.24) is 14.8 Å². The number of carbonyl (C=O) groups is 1. The van der Waals surface area contributed by atoms with Crippen LogP contribution in [0.2, 0.25) is 0 Å². The van der Waals surface area contributed by atoms with E-state index in [4.69, 9.17) is 10.5 Å². The number of aromatic nitrogens is 3. The fraction of sp³-hybridized carbons (Fsp3) is 0.769. The lowest BCUT2D eigenvalue weighted by Gasteiger charge is -2.20. The van der Waals surface area contributed by atoms with Crippen LogP contribution in [0.1, 0.15) is 50.4 Å². The Morgan fingerprint density at radius 1 is 1.45 bits per heavy atom. The Morgan fingerprint density at radius 3 is 2.70 bits per heavy atom. The fourth-order valence-corrected chi connectivity index (χ4v) is 3.22. The highest BCUT2D eigenvalue weighted by atomic mass is 32.2. The van der Waals surface area contributed by atoms with E-state index in [2.05, 4.69) is 14.8 Å². The normalized spacial score (nSPS) is 21.6. The molecule has 2 aliphatic carbocycles. The summed E-state index contributed by atoms with van der Waals surface area (Å²) >= 11 is 1.50. The van der Waals surface area contributed by atoms with Gasteiger partial charge in [-0.2, -0.15) is 0 Å². The molecule has 0 aliphatic heterocycles. The maximum atomic E-state index is 11.6. The fourth-order valence-electron chi connectivity index (χ4n) is 2.19. The van der Waals surface area contributed by atoms with Crippen molar-refractivity contribution in [3.8, 4) is 0 Å². The van der Waals surface area contributed by atoms with E-state index in [-0.39, 0.29) is 0 Å². The van der Waals surface area contributed by atoms with E-state index in [1.807, 2.05) is 0 Å². The summed E-state index contributed by atoms with van der Waals surface area (Å²) in [4.78, 5) is 11.6. The molecule has 2 saturated carbocycles. The second-order valence-corrected chi connectivity index (χ2v) is 6.86. The van der Waals surface area contributed by atoms with E-state index in [1.165, 1.54) is 44.6 Å². The Labute approximate surface area is 122 Å². The number of carbonyl (C=O) groups excluding carboxylic acids is 1. The zero-order valence-corrected chi connectivity index (χ0v) is 12.7. The highest BCUT2D eigenvalue weighted by Gasteiger charge is 2.37. The van der Waals surface area contributed by atoms with Crippen LogP contribution in [-0.2, 0) is 9.53 Å². The summed E-state index contributed by atoms with van der Waals surface area (Å²) in [5.41, 5.74) is 4.99. The largest absolute Gasteiger partial charge is 0.468 e. The summed E-state index contributed by atoms with van der Waals surface area (Å²) in [7, 11) is 1.36. The molecule has 0 spiro atoms. The lowest BCUT2D eigenvalue weighted by molar-refractivity contribution is -0.145. The third-order valence-corrected chi connectivity index (χ3v) is 4.98. The number of nitrogens with two attached hydrogens (primary N) is 1. The number of hydrogen-bond acceptors (Lipinski definition) is 6. The minimum Gasteiger partial charge on any atom is -0.468 e. The van der Waals surface area contributed by atoms with E-state index < -0.39 is 11.5 Å². The predicted octanol–water partition coefficient (Wildman–Crippen LogP) is 1.47. The Kier molecular flexibility index (Phi) is 3.50. The second-order valence-electron chi connectivity index (χ2n) is 5.91. The molecule has 20 heavy (non-hydrogen) atoms. The van der Waals surface area contributed by atoms with Crippen molar-refractivity contribution in [2.75, 3.05) is 12.9 Å². The van der Waals surface area contributed by atoms with Gasteiger partial charge in [0, 0.05) is 17.7 Å². The average molecular weight is 296 g/mol. The Bertz CT molecular complexity index is 520. The lowest BCUT2D eigenvalue weighted by Crippen LogP contribution is -2.48. The number of hydrogen-bond donors (Lipinski definition) is 1. The van der Waals surface area contributed by atoms with Gasteiger partial charge in [0.25, 0.3) is 0 Å². The second kappa shape index (κ2) is 5.04. The molecule has 2 aliphatic rings. The number of thioether (sulfide) groups is 1. The van der Waals surface area contributed by atoms with Gasteiger partial charge in [0.15, 0.2) is 5.16 Å². The third-order valence-electron chi connectivity index (χ3n) is 3.70. The molecule has 1 heterocycles. The summed E-state index contributed by atoms with van der Waals surface area (Å²) in [6.07, 6.45) is 4.82. The molecule has 6 nitrogen and oxygen atoms in total. The molecule has 1 aromatic heterocycles. The zero-order chi connectivity index (χ0) is 14.3. The molecule has 1 aromatic rings. The summed E-state index contributed by atoms with van der Waals surface area (Å²) in [5.74, 6) is 1.74. The Morgan fingerprint density at radius 2 is 2.15 bits per heavy atom. The van der Waals surface area contributed by atoms with Gasteiger partial charge in [0.05, 0.1) is 7.11 Å². The van der Waals surface area contributed by atoms with Gasteiger partial charge < -0.3 is 15.0 Å². The first-order chi connectivity index (χ1) is 9.53. The molecule has 0 bridgehead atoms. The molecule has 110 valence electrons. The van der Waals surface area contributed by atoms with Crippen LogP contribution in [0, 0.1) is 0 Å². The van der Waals surface area contributed by atoms with Crippen molar-refractivity contribution in [1.29, 1.82) is 0 Å². The van der Waals surface area contributed by atoms with E-state index in [0.717, 1.165) is 11.0 Å². The maximum absolute atomic E-state index is 11.6. The summed E-state index contributed by atoms with van der Waals surface area (Å²) in [6, 6.07) is 0.547. The van der Waals surface area contributed by atoms with Gasteiger partial charge in [-0.25, -0.2) is 0 Å². The molecule has 7 heteroatoms. The molecule has 0 aromatic carbocycles. The molecule has 0 radical (unpaired) electrons. The predicted molar refractivity (Wildman–Crippen MR) is 75.6 cm³/mol. The van der Waals surface area contributed by atoms with Crippen molar-refractivity contribution < 1.29 is 9.53 Å². The standard InChI is InChI=1S/C13H20N4O2S/c1-13(14,11(18)19-2)7-20-12-16-15-10(8-3-4-8)17(12)9-5-6-9/h8-9H,3-7,14H2,1-2H3. The van der Waals surface area contributed by atoms with Crippen molar-refractivity contribution in [2.45, 2.75) is 55.3 Å². The van der Waals surface area contributed by atoms with Crippen LogP contribution in [-0.4, -0.2) is 39.1 Å². The van der Waals surface area contributed by atoms with Crippen LogP contribution < -0.4 is 5.73 Å². The Hall–Kier alpha value is -1.08. The molecule has 3 rings (SSSR count). The van der Waals surface area contributed by atoms with Crippen molar-refractivity contribution in [3.05, 3.63) is 5.82 Å². The minimum absolute atomic E-state index is 0.398. The molecule has 2 fully saturated rings. The van der Waals surface area contributed by atoms with Crippen LogP contribution in [0.4, 0.5) is 0 Å². The van der Waals surface area contributed by atoms with Gasteiger partial charge in [-0.1, -0.05) is 11.8 Å². The molecule has 1 unspecified atom stereocenters. The number of rotatable bonds is 6. The van der Waals surface area contributed by atoms with E-state index in [9.17, 15) is 4.79 Å². The summed E-state index contributed by atoms with van der Waals surface area (Å²) in [5, 5.41) is 9.52. The van der Waals surface area contributed by atoms with Crippen LogP contribution >= 0.6 is 11.8 Å². The molecule has 1 atom stereocenters. The monoisotopic (exact) mass is 296 g/mol. The van der Waals surface area contributed by atoms with E-state index in [0.29, 0.717) is 17.7 Å². The first-order valence-corrected chi connectivity index (χ1v) is 7.96. The van der Waals surface area contributed by atoms with Crippen molar-refractivity contribution in [3.63, 3.8) is 0 Å². The topological polar surface area (TPSA) is 83.0 Å². The van der Waals surface area contributed by atoms with Crippen molar-refractivity contribution >= 4 is 17.7 Å². The number of methoxy groups -OCH3 is 1. The van der Waals surface area contributed by atoms with Gasteiger partial charge in [-0.3, -0.25) is 4.79 Å². The van der Waals surface area contributed by atoms with Gasteiger partial charge >= 0.3 is 5.97 Å². The Balaban J connectivity index is 1.73. The number of esters is 1. The highest BCUT2D eigenvalue weighted by Crippen LogP contribution is 2.46. The SMILES string of the molecule is COC(=O)C(C)(N)CSc1nnc(C2CC2)n1C1CC1. The van der Waals surface area contributed by atoms with Crippen molar-refractivity contribution in [2.24, 2.45) is 5.73 Å². The quantitative estimate of drug-likeness (QED) is 0.632. The number of ether oxygens (including phenoxy) is 1. The first-order valence-electron chi connectivity index (χ1n) is 6.98. The molecule has 0 amide bonds. The molecular formula is C13H20N4O2S. The van der Waals surface area contributed by atoms with E-state index >= 15 is 0 Å². The summed E-state index contributed by atoms with van der Waals surface area (Å²) < 4.78 is 6.99. The van der Waals surface area contributed by atoms with Crippen LogP contribution in [0.25, 0.3) is 0 Å². The smallest absolute Gasteiger partial charge is 0.326 e. The van der Waals surface area contributed by atoms with Gasteiger partial charge in [0.2, 0.25) is 0 Å². The average Bonchev–Trinajstić information content (AvgIpc) is 3.34. The van der Waals surface area contributed by atoms with Crippen LogP contribution in [0.5, 0.6) is 0 Å². The third kappa shape index (κ3) is 2.69. The van der Waals surface area contributed by atoms with Gasteiger partial charge in [-0.15, -0.1) is 10.2 Å². The zero-order valence-electron chi connectivity index (χ0n) is 11.8. The van der Waals surface area contributed by atoms with Gasteiger partial charge in [0.1, 0.15) is 11.4 Å². The number of nitrogens with zero attached hydrogens (tertiary/aromatic N) is 3. The van der Waals surface area contributed by atoms with Crippen LogP contribution in [0.3, 0.4) is 0 Å². The molecule has 2 N–H and O–H groups in total. The lowest BCUT2D eigenvalue weighted by atomic mass is 10.1. The minimum atomic E-state index is -1.00. The molecule has 0 saturated heterocycles. The highest BCUT2D eigenvalue weighted by molar-refractivity contribution is 7.99. The first kappa shape index (κ1) is 13.9. The van der Waals surface area contributed by atoms with Gasteiger partial charge in [-0.05, 0) is 32.6 Å².